The summed E-state index contributed by atoms with van der Waals surface area (Å²) in [7, 11) is 1.50. The minimum atomic E-state index is -0.998. The van der Waals surface area contributed by atoms with Gasteiger partial charge in [-0.05, 0) is 12.3 Å². The van der Waals surface area contributed by atoms with E-state index in [9.17, 15) is 4.79 Å². The van der Waals surface area contributed by atoms with Crippen molar-refractivity contribution >= 4 is 5.97 Å². The Balaban J connectivity index is 4.31. The highest BCUT2D eigenvalue weighted by molar-refractivity contribution is 5.78. The van der Waals surface area contributed by atoms with Crippen LogP contribution in [0.15, 0.2) is 0 Å². The van der Waals surface area contributed by atoms with Gasteiger partial charge in [-0.1, -0.05) is 20.8 Å². The van der Waals surface area contributed by atoms with Gasteiger partial charge in [0.15, 0.2) is 0 Å². The first-order valence-electron chi connectivity index (χ1n) is 4.69. The molecule has 0 bridgehead atoms. The molecule has 4 heteroatoms. The average molecular weight is 203 g/mol. The molecule has 0 aliphatic heterocycles. The van der Waals surface area contributed by atoms with E-state index in [1.807, 2.05) is 0 Å². The van der Waals surface area contributed by atoms with E-state index < -0.39 is 11.5 Å². The van der Waals surface area contributed by atoms with Gasteiger partial charge in [-0.15, -0.1) is 0 Å². The van der Waals surface area contributed by atoms with Crippen LogP contribution in [0.5, 0.6) is 0 Å². The first kappa shape index (κ1) is 13.4. The van der Waals surface area contributed by atoms with Crippen LogP contribution >= 0.6 is 0 Å². The summed E-state index contributed by atoms with van der Waals surface area (Å²) in [6.45, 7) is 8.58. The van der Waals surface area contributed by atoms with E-state index in [0.717, 1.165) is 0 Å². The maximum absolute atomic E-state index is 11.0. The van der Waals surface area contributed by atoms with Crippen LogP contribution in [-0.4, -0.2) is 36.9 Å². The molecule has 0 aromatic rings. The maximum atomic E-state index is 11.0. The number of ether oxygens (including phenoxy) is 1. The zero-order chi connectivity index (χ0) is 11.4. The van der Waals surface area contributed by atoms with Crippen LogP contribution in [-0.2, 0) is 9.53 Å². The van der Waals surface area contributed by atoms with E-state index in [1.165, 1.54) is 7.11 Å². The van der Waals surface area contributed by atoms with Crippen molar-refractivity contribution in [1.29, 1.82) is 0 Å². The number of rotatable bonds is 5. The van der Waals surface area contributed by atoms with E-state index >= 15 is 0 Å². The van der Waals surface area contributed by atoms with Gasteiger partial charge < -0.3 is 9.84 Å². The lowest BCUT2D eigenvalue weighted by atomic mass is 9.94. The summed E-state index contributed by atoms with van der Waals surface area (Å²) in [4.78, 5) is 11.0. The maximum Gasteiger partial charge on any atom is 0.326 e. The van der Waals surface area contributed by atoms with E-state index in [1.54, 1.807) is 6.92 Å². The third kappa shape index (κ3) is 4.58. The molecule has 1 unspecified atom stereocenters. The predicted molar refractivity (Wildman–Crippen MR) is 55.4 cm³/mol. The number of methoxy groups -OCH3 is 1. The zero-order valence-corrected chi connectivity index (χ0v) is 9.68. The molecule has 14 heavy (non-hydrogen) atoms. The first-order valence-corrected chi connectivity index (χ1v) is 4.69. The minimum Gasteiger partial charge on any atom is -0.480 e. The largest absolute Gasteiger partial charge is 0.480 e. The van der Waals surface area contributed by atoms with Crippen LogP contribution < -0.4 is 5.32 Å². The number of carboxylic acid groups (broad SMARTS) is 1. The molecule has 84 valence electrons. The smallest absolute Gasteiger partial charge is 0.326 e. The van der Waals surface area contributed by atoms with E-state index in [-0.39, 0.29) is 12.0 Å². The fourth-order valence-electron chi connectivity index (χ4n) is 0.937. The number of nitrogens with one attached hydrogen (secondary N) is 1. The van der Waals surface area contributed by atoms with E-state index in [4.69, 9.17) is 9.84 Å². The molecule has 0 spiro atoms. The van der Waals surface area contributed by atoms with Gasteiger partial charge in [0.2, 0.25) is 0 Å². The van der Waals surface area contributed by atoms with Crippen molar-refractivity contribution in [2.45, 2.75) is 33.2 Å². The van der Waals surface area contributed by atoms with Gasteiger partial charge in [-0.25, -0.2) is 0 Å². The molecule has 0 saturated heterocycles. The number of hydrogen-bond acceptors (Lipinski definition) is 3. The molecule has 1 atom stereocenters. The van der Waals surface area contributed by atoms with Gasteiger partial charge >= 0.3 is 5.97 Å². The highest BCUT2D eigenvalue weighted by Gasteiger charge is 2.33. The Morgan fingerprint density at radius 2 is 1.86 bits per heavy atom. The van der Waals surface area contributed by atoms with Crippen molar-refractivity contribution in [2.24, 2.45) is 5.41 Å². The van der Waals surface area contributed by atoms with Gasteiger partial charge in [0.25, 0.3) is 0 Å². The fourth-order valence-corrected chi connectivity index (χ4v) is 0.937. The third-order valence-corrected chi connectivity index (χ3v) is 1.91. The summed E-state index contributed by atoms with van der Waals surface area (Å²) >= 11 is 0. The first-order chi connectivity index (χ1) is 6.21. The molecule has 2 N–H and O–H groups in total. The highest BCUT2D eigenvalue weighted by atomic mass is 16.5. The molecule has 0 aromatic heterocycles. The standard InChI is InChI=1S/C10H21NO3/c1-9(2,3)6-11-10(4,7-14-5)8(12)13/h11H,6-7H2,1-5H3,(H,12,13). The van der Waals surface area contributed by atoms with Crippen molar-refractivity contribution in [3.8, 4) is 0 Å². The van der Waals surface area contributed by atoms with Crippen molar-refractivity contribution in [3.05, 3.63) is 0 Å². The summed E-state index contributed by atoms with van der Waals surface area (Å²) in [5, 5.41) is 12.0. The Hall–Kier alpha value is -0.610. The average Bonchev–Trinajstić information content (AvgIpc) is 2.00. The highest BCUT2D eigenvalue weighted by Crippen LogP contribution is 2.14. The summed E-state index contributed by atoms with van der Waals surface area (Å²) in [6, 6.07) is 0. The second-order valence-corrected chi connectivity index (χ2v) is 4.98. The van der Waals surface area contributed by atoms with Gasteiger partial charge in [0.05, 0.1) is 6.61 Å². The molecule has 4 nitrogen and oxygen atoms in total. The quantitative estimate of drug-likeness (QED) is 0.702. The van der Waals surface area contributed by atoms with E-state index in [0.29, 0.717) is 6.54 Å². The Labute approximate surface area is 85.6 Å². The second kappa shape index (κ2) is 4.75. The number of carboxylic acids is 1. The second-order valence-electron chi connectivity index (χ2n) is 4.98. The molecule has 0 fully saturated rings. The Kier molecular flexibility index (Phi) is 4.55. The lowest BCUT2D eigenvalue weighted by Gasteiger charge is -2.29. The molecule has 0 saturated carbocycles. The van der Waals surface area contributed by atoms with Gasteiger partial charge in [-0.3, -0.25) is 10.1 Å². The fraction of sp³-hybridized carbons (Fsp3) is 0.900. The molecule has 0 rings (SSSR count). The minimum absolute atomic E-state index is 0.0600. The Bertz CT molecular complexity index is 198. The normalized spacial score (nSPS) is 16.4. The Morgan fingerprint density at radius 1 is 1.36 bits per heavy atom. The Morgan fingerprint density at radius 3 is 2.14 bits per heavy atom. The molecule has 0 aromatic carbocycles. The lowest BCUT2D eigenvalue weighted by Crippen LogP contribution is -2.55. The molecular weight excluding hydrogens is 182 g/mol. The van der Waals surface area contributed by atoms with Crippen molar-refractivity contribution in [1.82, 2.24) is 5.32 Å². The zero-order valence-electron chi connectivity index (χ0n) is 9.68. The van der Waals surface area contributed by atoms with Crippen molar-refractivity contribution in [2.75, 3.05) is 20.3 Å². The lowest BCUT2D eigenvalue weighted by molar-refractivity contribution is -0.146. The van der Waals surface area contributed by atoms with Crippen molar-refractivity contribution in [3.63, 3.8) is 0 Å². The molecular formula is C10H21NO3. The monoisotopic (exact) mass is 203 g/mol. The topological polar surface area (TPSA) is 58.6 Å². The number of carbonyl (C=O) groups is 1. The van der Waals surface area contributed by atoms with Gasteiger partial charge in [0, 0.05) is 13.7 Å². The van der Waals surface area contributed by atoms with Crippen LogP contribution in [0, 0.1) is 5.41 Å². The molecule has 0 amide bonds. The van der Waals surface area contributed by atoms with Gasteiger partial charge in [0.1, 0.15) is 5.54 Å². The summed E-state index contributed by atoms with van der Waals surface area (Å²) in [5.41, 5.74) is -0.938. The summed E-state index contributed by atoms with van der Waals surface area (Å²) < 4.78 is 4.89. The third-order valence-electron chi connectivity index (χ3n) is 1.91. The molecule has 0 aliphatic rings. The SMILES string of the molecule is COCC(C)(NCC(C)(C)C)C(=O)O. The number of hydrogen-bond donors (Lipinski definition) is 2. The predicted octanol–water partition coefficient (Wildman–Crippen LogP) is 1.11. The van der Waals surface area contributed by atoms with E-state index in [2.05, 4.69) is 26.1 Å². The van der Waals surface area contributed by atoms with Crippen LogP contribution in [0.3, 0.4) is 0 Å². The van der Waals surface area contributed by atoms with Gasteiger partial charge in [-0.2, -0.15) is 0 Å². The summed E-state index contributed by atoms with van der Waals surface area (Å²) in [5.74, 6) is -0.886. The molecule has 0 heterocycles. The van der Waals surface area contributed by atoms with Crippen LogP contribution in [0.2, 0.25) is 0 Å². The molecule has 0 aliphatic carbocycles. The molecule has 0 radical (unpaired) electrons. The van der Waals surface area contributed by atoms with Crippen LogP contribution in [0.25, 0.3) is 0 Å². The number of aliphatic carboxylic acids is 1. The summed E-state index contributed by atoms with van der Waals surface area (Å²) in [6.07, 6.45) is 0. The van der Waals surface area contributed by atoms with Crippen LogP contribution in [0.4, 0.5) is 0 Å². The van der Waals surface area contributed by atoms with Crippen LogP contribution in [0.1, 0.15) is 27.7 Å². The van der Waals surface area contributed by atoms with Crippen molar-refractivity contribution < 1.29 is 14.6 Å².